The minimum atomic E-state index is 1.13. The first-order chi connectivity index (χ1) is 8.45. The molecular formula is C14H21NS2. The van der Waals surface area contributed by atoms with Gasteiger partial charge in [0.05, 0.1) is 0 Å². The van der Waals surface area contributed by atoms with Crippen molar-refractivity contribution in [1.29, 1.82) is 0 Å². The number of rotatable bonds is 0. The van der Waals surface area contributed by atoms with Gasteiger partial charge in [-0.2, -0.15) is 23.5 Å². The highest BCUT2D eigenvalue weighted by atomic mass is 32.2. The molecular weight excluding hydrogens is 246 g/mol. The lowest BCUT2D eigenvalue weighted by Gasteiger charge is -2.07. The Morgan fingerprint density at radius 1 is 0.765 bits per heavy atom. The molecule has 0 amide bonds. The highest BCUT2D eigenvalue weighted by molar-refractivity contribution is 7.98. The smallest absolute Gasteiger partial charge is 0.0308 e. The van der Waals surface area contributed by atoms with Gasteiger partial charge in [0.15, 0.2) is 0 Å². The Morgan fingerprint density at radius 2 is 1.29 bits per heavy atom. The molecule has 0 aromatic carbocycles. The van der Waals surface area contributed by atoms with Gasteiger partial charge in [0.2, 0.25) is 0 Å². The molecule has 2 heterocycles. The molecule has 0 saturated heterocycles. The quantitative estimate of drug-likeness (QED) is 0.686. The maximum Gasteiger partial charge on any atom is 0.0308 e. The molecule has 0 atom stereocenters. The van der Waals surface area contributed by atoms with E-state index in [1.807, 2.05) is 12.4 Å². The predicted octanol–water partition coefficient (Wildman–Crippen LogP) is 4.51. The second-order valence-corrected chi connectivity index (χ2v) is 6.78. The van der Waals surface area contributed by atoms with E-state index in [1.165, 1.54) is 54.7 Å². The summed E-state index contributed by atoms with van der Waals surface area (Å²) in [6, 6.07) is 2.33. The number of pyridine rings is 1. The van der Waals surface area contributed by atoms with E-state index in [2.05, 4.69) is 34.6 Å². The van der Waals surface area contributed by atoms with Crippen LogP contribution in [0.2, 0.25) is 0 Å². The minimum absolute atomic E-state index is 1.13. The van der Waals surface area contributed by atoms with Gasteiger partial charge in [-0.3, -0.25) is 4.98 Å². The van der Waals surface area contributed by atoms with Crippen molar-refractivity contribution >= 4 is 23.5 Å². The van der Waals surface area contributed by atoms with Crippen LogP contribution in [-0.4, -0.2) is 16.5 Å². The summed E-state index contributed by atoms with van der Waals surface area (Å²) in [7, 11) is 0. The summed E-state index contributed by atoms with van der Waals surface area (Å²) < 4.78 is 0. The number of fused-ring (bicyclic) bond motifs is 2. The molecule has 17 heavy (non-hydrogen) atoms. The molecule has 0 aliphatic carbocycles. The van der Waals surface area contributed by atoms with Gasteiger partial charge in [-0.15, -0.1) is 0 Å². The van der Waals surface area contributed by atoms with Crippen molar-refractivity contribution in [3.63, 3.8) is 0 Å². The SMILES string of the molecule is c1ncc2cc1CSCCCCCCCSC2. The fourth-order valence-electron chi connectivity index (χ4n) is 2.02. The topological polar surface area (TPSA) is 12.9 Å². The van der Waals surface area contributed by atoms with E-state index in [4.69, 9.17) is 0 Å². The Kier molecular flexibility index (Phi) is 6.28. The fraction of sp³-hybridized carbons (Fsp3) is 0.643. The number of aromatic nitrogens is 1. The third-order valence-corrected chi connectivity index (χ3v) is 5.20. The molecule has 0 N–H and O–H groups in total. The van der Waals surface area contributed by atoms with Gasteiger partial charge in [-0.25, -0.2) is 0 Å². The average molecular weight is 267 g/mol. The lowest BCUT2D eigenvalue weighted by Crippen LogP contribution is -1.92. The molecule has 2 bridgehead atoms. The molecule has 0 radical (unpaired) electrons. The summed E-state index contributed by atoms with van der Waals surface area (Å²) in [5.41, 5.74) is 2.79. The van der Waals surface area contributed by atoms with Crippen molar-refractivity contribution in [1.82, 2.24) is 4.98 Å². The molecule has 1 aliphatic rings. The summed E-state index contributed by atoms with van der Waals surface area (Å²) in [6.07, 6.45) is 11.1. The summed E-state index contributed by atoms with van der Waals surface area (Å²) in [5, 5.41) is 0. The predicted molar refractivity (Wildman–Crippen MR) is 79.6 cm³/mol. The second-order valence-electron chi connectivity index (χ2n) is 4.57. The van der Waals surface area contributed by atoms with Crippen LogP contribution >= 0.6 is 23.5 Å². The van der Waals surface area contributed by atoms with E-state index in [9.17, 15) is 0 Å². The van der Waals surface area contributed by atoms with Crippen LogP contribution < -0.4 is 0 Å². The Balaban J connectivity index is 1.91. The first-order valence-electron chi connectivity index (χ1n) is 6.53. The molecule has 2 rings (SSSR count). The molecule has 1 aromatic heterocycles. The van der Waals surface area contributed by atoms with Crippen molar-refractivity contribution in [2.75, 3.05) is 11.5 Å². The molecule has 1 aromatic rings. The van der Waals surface area contributed by atoms with Crippen molar-refractivity contribution < 1.29 is 0 Å². The molecule has 1 nitrogen and oxygen atoms in total. The van der Waals surface area contributed by atoms with Gasteiger partial charge in [0, 0.05) is 23.9 Å². The van der Waals surface area contributed by atoms with Crippen molar-refractivity contribution in [3.05, 3.63) is 29.6 Å². The molecule has 3 heteroatoms. The van der Waals surface area contributed by atoms with Crippen LogP contribution in [0.5, 0.6) is 0 Å². The third-order valence-electron chi connectivity index (χ3n) is 2.97. The second kappa shape index (κ2) is 8.04. The van der Waals surface area contributed by atoms with Gasteiger partial charge in [0.1, 0.15) is 0 Å². The van der Waals surface area contributed by atoms with E-state index in [0.29, 0.717) is 0 Å². The summed E-state index contributed by atoms with van der Waals surface area (Å²) in [5.74, 6) is 4.87. The summed E-state index contributed by atoms with van der Waals surface area (Å²) in [4.78, 5) is 4.35. The fourth-order valence-corrected chi connectivity index (χ4v) is 3.91. The zero-order valence-electron chi connectivity index (χ0n) is 10.4. The number of hydrogen-bond acceptors (Lipinski definition) is 3. The average Bonchev–Trinajstić information content (AvgIpc) is 2.36. The van der Waals surface area contributed by atoms with Crippen LogP contribution in [-0.2, 0) is 11.5 Å². The normalized spacial score (nSPS) is 19.5. The largest absolute Gasteiger partial charge is 0.264 e. The highest BCUT2D eigenvalue weighted by Crippen LogP contribution is 2.20. The maximum absolute atomic E-state index is 4.35. The van der Waals surface area contributed by atoms with E-state index >= 15 is 0 Å². The first kappa shape index (κ1) is 13.3. The zero-order chi connectivity index (χ0) is 11.8. The number of nitrogens with zero attached hydrogens (tertiary/aromatic N) is 1. The van der Waals surface area contributed by atoms with Crippen LogP contribution in [0, 0.1) is 0 Å². The van der Waals surface area contributed by atoms with Gasteiger partial charge in [-0.05, 0) is 35.5 Å². The van der Waals surface area contributed by atoms with E-state index < -0.39 is 0 Å². The molecule has 0 unspecified atom stereocenters. The van der Waals surface area contributed by atoms with E-state index in [1.54, 1.807) is 0 Å². The number of thioether (sulfide) groups is 2. The Hall–Kier alpha value is -0.150. The van der Waals surface area contributed by atoms with Crippen LogP contribution in [0.25, 0.3) is 0 Å². The minimum Gasteiger partial charge on any atom is -0.264 e. The maximum atomic E-state index is 4.35. The van der Waals surface area contributed by atoms with Crippen LogP contribution in [0.15, 0.2) is 18.5 Å². The van der Waals surface area contributed by atoms with Crippen molar-refractivity contribution in [2.24, 2.45) is 0 Å². The molecule has 94 valence electrons. The van der Waals surface area contributed by atoms with Crippen molar-refractivity contribution in [3.8, 4) is 0 Å². The van der Waals surface area contributed by atoms with Crippen molar-refractivity contribution in [2.45, 2.75) is 43.6 Å². The molecule has 0 spiro atoms. The van der Waals surface area contributed by atoms with E-state index in [0.717, 1.165) is 11.5 Å². The molecule has 1 aliphatic heterocycles. The zero-order valence-corrected chi connectivity index (χ0v) is 12.0. The summed E-state index contributed by atoms with van der Waals surface area (Å²) >= 11 is 4.11. The lowest BCUT2D eigenvalue weighted by molar-refractivity contribution is 0.662. The van der Waals surface area contributed by atoms with Gasteiger partial charge in [-0.1, -0.05) is 25.3 Å². The number of hydrogen-bond donors (Lipinski definition) is 0. The van der Waals surface area contributed by atoms with Gasteiger partial charge >= 0.3 is 0 Å². The molecule has 0 saturated carbocycles. The Bertz CT molecular complexity index is 301. The highest BCUT2D eigenvalue weighted by Gasteiger charge is 2.00. The van der Waals surface area contributed by atoms with Gasteiger partial charge < -0.3 is 0 Å². The monoisotopic (exact) mass is 267 g/mol. The third kappa shape index (κ3) is 5.35. The Morgan fingerprint density at radius 3 is 1.88 bits per heavy atom. The molecule has 0 fully saturated rings. The summed E-state index contributed by atoms with van der Waals surface area (Å²) in [6.45, 7) is 0. The van der Waals surface area contributed by atoms with Crippen LogP contribution in [0.4, 0.5) is 0 Å². The van der Waals surface area contributed by atoms with E-state index in [-0.39, 0.29) is 0 Å². The first-order valence-corrected chi connectivity index (χ1v) is 8.84. The standard InChI is InChI=1S/C14H21NS2/c1-2-4-6-16-11-13-8-14(10-15-9-13)12-17-7-5-3-1/h8-10H,1-7,11-12H2. The Labute approximate surface area is 113 Å². The lowest BCUT2D eigenvalue weighted by atomic mass is 10.2. The van der Waals surface area contributed by atoms with Gasteiger partial charge in [0.25, 0.3) is 0 Å². The van der Waals surface area contributed by atoms with Crippen LogP contribution in [0.3, 0.4) is 0 Å². The van der Waals surface area contributed by atoms with Crippen LogP contribution in [0.1, 0.15) is 43.2 Å².